The Hall–Kier alpha value is -2.05. The molecule has 2 heterocycles. The molecule has 6 heteroatoms. The number of aliphatic hydroxyl groups is 1. The molecule has 3 rings (SSSR count). The number of hydrogen-bond donors (Lipinski definition) is 1. The van der Waals surface area contributed by atoms with Crippen molar-refractivity contribution < 1.29 is 9.50 Å². The molecule has 0 radical (unpaired) electrons. The SMILES string of the molecule is CCc1cnc(C)nc1N1CCN(Cc2ccccc2F)[C@@H](CCO)C1. The largest absolute Gasteiger partial charge is 0.396 e. The highest BCUT2D eigenvalue weighted by Crippen LogP contribution is 2.24. The predicted molar refractivity (Wildman–Crippen MR) is 101 cm³/mol. The number of rotatable bonds is 6. The molecule has 1 saturated heterocycles. The Bertz CT molecular complexity index is 740. The lowest BCUT2D eigenvalue weighted by Gasteiger charge is -2.42. The van der Waals surface area contributed by atoms with Gasteiger partial charge in [-0.05, 0) is 25.8 Å². The fraction of sp³-hybridized carbons (Fsp3) is 0.500. The van der Waals surface area contributed by atoms with Crippen molar-refractivity contribution in [2.45, 2.75) is 39.3 Å². The van der Waals surface area contributed by atoms with Crippen LogP contribution in [0.3, 0.4) is 0 Å². The van der Waals surface area contributed by atoms with Crippen molar-refractivity contribution in [1.82, 2.24) is 14.9 Å². The second kappa shape index (κ2) is 8.56. The smallest absolute Gasteiger partial charge is 0.135 e. The van der Waals surface area contributed by atoms with Gasteiger partial charge in [-0.3, -0.25) is 4.90 Å². The average molecular weight is 358 g/mol. The van der Waals surface area contributed by atoms with Crippen molar-refractivity contribution in [2.75, 3.05) is 31.1 Å². The minimum Gasteiger partial charge on any atom is -0.396 e. The number of aromatic nitrogens is 2. The Morgan fingerprint density at radius 1 is 1.23 bits per heavy atom. The maximum absolute atomic E-state index is 14.0. The number of aliphatic hydroxyl groups excluding tert-OH is 1. The number of hydrogen-bond acceptors (Lipinski definition) is 5. The molecule has 0 amide bonds. The normalized spacial score (nSPS) is 18.3. The fourth-order valence-electron chi connectivity index (χ4n) is 3.57. The van der Waals surface area contributed by atoms with Crippen LogP contribution in [0.1, 0.15) is 30.3 Å². The Balaban J connectivity index is 1.78. The molecule has 1 aliphatic rings. The van der Waals surface area contributed by atoms with E-state index in [9.17, 15) is 9.50 Å². The molecule has 5 nitrogen and oxygen atoms in total. The van der Waals surface area contributed by atoms with Crippen LogP contribution in [-0.2, 0) is 13.0 Å². The van der Waals surface area contributed by atoms with Crippen molar-refractivity contribution in [3.8, 4) is 0 Å². The molecule has 26 heavy (non-hydrogen) atoms. The first-order valence-corrected chi connectivity index (χ1v) is 9.28. The van der Waals surface area contributed by atoms with Gasteiger partial charge in [0, 0.05) is 56.2 Å². The molecule has 0 saturated carbocycles. The molecule has 0 spiro atoms. The first-order chi connectivity index (χ1) is 12.6. The second-order valence-electron chi connectivity index (χ2n) is 6.79. The minimum atomic E-state index is -0.169. The Morgan fingerprint density at radius 3 is 2.77 bits per heavy atom. The average Bonchev–Trinajstić information content (AvgIpc) is 2.65. The molecule has 1 aliphatic heterocycles. The van der Waals surface area contributed by atoms with E-state index in [2.05, 4.69) is 26.7 Å². The van der Waals surface area contributed by atoms with Crippen molar-refractivity contribution in [3.63, 3.8) is 0 Å². The quantitative estimate of drug-likeness (QED) is 0.860. The lowest BCUT2D eigenvalue weighted by Crippen LogP contribution is -2.53. The molecule has 1 fully saturated rings. The van der Waals surface area contributed by atoms with Crippen LogP contribution >= 0.6 is 0 Å². The number of benzene rings is 1. The summed E-state index contributed by atoms with van der Waals surface area (Å²) in [6.07, 6.45) is 3.45. The molecule has 1 aromatic carbocycles. The zero-order chi connectivity index (χ0) is 18.5. The summed E-state index contributed by atoms with van der Waals surface area (Å²) in [5.41, 5.74) is 1.84. The van der Waals surface area contributed by atoms with E-state index in [4.69, 9.17) is 0 Å². The molecular weight excluding hydrogens is 331 g/mol. The van der Waals surface area contributed by atoms with Crippen LogP contribution < -0.4 is 4.90 Å². The monoisotopic (exact) mass is 358 g/mol. The van der Waals surface area contributed by atoms with E-state index in [1.165, 1.54) is 6.07 Å². The molecule has 1 aromatic heterocycles. The van der Waals surface area contributed by atoms with E-state index in [-0.39, 0.29) is 18.5 Å². The lowest BCUT2D eigenvalue weighted by atomic mass is 10.1. The summed E-state index contributed by atoms with van der Waals surface area (Å²) in [6.45, 7) is 7.12. The first kappa shape index (κ1) is 18.7. The van der Waals surface area contributed by atoms with E-state index < -0.39 is 0 Å². The Kier molecular flexibility index (Phi) is 6.16. The highest BCUT2D eigenvalue weighted by atomic mass is 19.1. The number of anilines is 1. The Labute approximate surface area is 154 Å². The van der Waals surface area contributed by atoms with Crippen molar-refractivity contribution in [3.05, 3.63) is 53.2 Å². The summed E-state index contributed by atoms with van der Waals surface area (Å²) in [4.78, 5) is 13.5. The summed E-state index contributed by atoms with van der Waals surface area (Å²) in [7, 11) is 0. The van der Waals surface area contributed by atoms with Gasteiger partial charge in [0.25, 0.3) is 0 Å². The number of nitrogens with zero attached hydrogens (tertiary/aromatic N) is 4. The number of piperazine rings is 1. The fourth-order valence-corrected chi connectivity index (χ4v) is 3.57. The summed E-state index contributed by atoms with van der Waals surface area (Å²) in [5, 5.41) is 9.51. The summed E-state index contributed by atoms with van der Waals surface area (Å²) >= 11 is 0. The Morgan fingerprint density at radius 2 is 2.04 bits per heavy atom. The standard InChI is InChI=1S/C20H27FN4O/c1-3-16-12-22-15(2)23-20(16)25-10-9-24(18(14-25)8-11-26)13-17-6-4-5-7-19(17)21/h4-7,12,18,26H,3,8-11,13-14H2,1-2H3/t18-/m0/s1. The van der Waals surface area contributed by atoms with Crippen molar-refractivity contribution in [2.24, 2.45) is 0 Å². The topological polar surface area (TPSA) is 52.5 Å². The molecule has 140 valence electrons. The number of aryl methyl sites for hydroxylation is 2. The van der Waals surface area contributed by atoms with E-state index in [1.807, 2.05) is 25.3 Å². The third-order valence-corrected chi connectivity index (χ3v) is 5.04. The van der Waals surface area contributed by atoms with Crippen LogP contribution in [0.15, 0.2) is 30.5 Å². The predicted octanol–water partition coefficient (Wildman–Crippen LogP) is 2.56. The van der Waals surface area contributed by atoms with Crippen molar-refractivity contribution in [1.29, 1.82) is 0 Å². The van der Waals surface area contributed by atoms with Crippen LogP contribution in [0.2, 0.25) is 0 Å². The molecular formula is C20H27FN4O. The maximum atomic E-state index is 14.0. The van der Waals surface area contributed by atoms with E-state index >= 15 is 0 Å². The maximum Gasteiger partial charge on any atom is 0.135 e. The van der Waals surface area contributed by atoms with Gasteiger partial charge >= 0.3 is 0 Å². The van der Waals surface area contributed by atoms with Gasteiger partial charge in [0.15, 0.2) is 0 Å². The zero-order valence-corrected chi connectivity index (χ0v) is 15.5. The van der Waals surface area contributed by atoms with Gasteiger partial charge in [0.05, 0.1) is 0 Å². The van der Waals surface area contributed by atoms with Gasteiger partial charge in [0.2, 0.25) is 0 Å². The number of halogens is 1. The first-order valence-electron chi connectivity index (χ1n) is 9.28. The van der Waals surface area contributed by atoms with Crippen molar-refractivity contribution >= 4 is 5.82 Å². The lowest BCUT2D eigenvalue weighted by molar-refractivity contribution is 0.134. The third-order valence-electron chi connectivity index (χ3n) is 5.04. The van der Waals surface area contributed by atoms with Gasteiger partial charge in [-0.25, -0.2) is 14.4 Å². The van der Waals surface area contributed by atoms with Crippen LogP contribution in [0, 0.1) is 12.7 Å². The van der Waals surface area contributed by atoms with Gasteiger partial charge in [-0.2, -0.15) is 0 Å². The highest BCUT2D eigenvalue weighted by molar-refractivity contribution is 5.47. The summed E-state index contributed by atoms with van der Waals surface area (Å²) in [5.74, 6) is 1.59. The molecule has 1 atom stereocenters. The van der Waals surface area contributed by atoms with Crippen LogP contribution in [0.25, 0.3) is 0 Å². The molecule has 0 bridgehead atoms. The summed E-state index contributed by atoms with van der Waals surface area (Å²) < 4.78 is 14.0. The molecule has 0 aliphatic carbocycles. The van der Waals surface area contributed by atoms with Crippen LogP contribution in [0.4, 0.5) is 10.2 Å². The molecule has 0 unspecified atom stereocenters. The van der Waals surface area contributed by atoms with Crippen LogP contribution in [-0.4, -0.2) is 52.3 Å². The minimum absolute atomic E-state index is 0.121. The second-order valence-corrected chi connectivity index (χ2v) is 6.79. The van der Waals surface area contributed by atoms with Gasteiger partial charge in [-0.1, -0.05) is 25.1 Å². The van der Waals surface area contributed by atoms with Crippen LogP contribution in [0.5, 0.6) is 0 Å². The highest BCUT2D eigenvalue weighted by Gasteiger charge is 2.29. The molecule has 1 N–H and O–H groups in total. The van der Waals surface area contributed by atoms with Gasteiger partial charge < -0.3 is 10.0 Å². The van der Waals surface area contributed by atoms with E-state index in [0.29, 0.717) is 18.5 Å². The molecule has 2 aromatic rings. The van der Waals surface area contributed by atoms with E-state index in [0.717, 1.165) is 43.3 Å². The van der Waals surface area contributed by atoms with Gasteiger partial charge in [0.1, 0.15) is 17.5 Å². The third kappa shape index (κ3) is 4.19. The summed E-state index contributed by atoms with van der Waals surface area (Å²) in [6, 6.07) is 7.08. The van der Waals surface area contributed by atoms with Gasteiger partial charge in [-0.15, -0.1) is 0 Å². The van der Waals surface area contributed by atoms with E-state index in [1.54, 1.807) is 6.07 Å². The zero-order valence-electron chi connectivity index (χ0n) is 15.5.